The molecule has 0 aromatic heterocycles. The van der Waals surface area contributed by atoms with Crippen molar-refractivity contribution in [3.05, 3.63) is 73.6 Å². The minimum atomic E-state index is -0.570. The number of carbonyl (C=O) groups excluding carboxylic acids is 2. The van der Waals surface area contributed by atoms with Crippen molar-refractivity contribution < 1.29 is 23.5 Å². The maximum absolute atomic E-state index is 14.2. The summed E-state index contributed by atoms with van der Waals surface area (Å²) in [6.07, 6.45) is 2.52. The Labute approximate surface area is 138 Å². The minimum Gasteiger partial charge on any atom is -0.426 e. The first-order valence-electron chi connectivity index (χ1n) is 7.09. The van der Waals surface area contributed by atoms with Crippen LogP contribution in [0.25, 0.3) is 11.1 Å². The molecule has 4 nitrogen and oxygen atoms in total. The summed E-state index contributed by atoms with van der Waals surface area (Å²) in [6.45, 7) is 6.74. The molecule has 122 valence electrons. The van der Waals surface area contributed by atoms with Crippen molar-refractivity contribution in [2.75, 3.05) is 0 Å². The second-order valence-electron chi connectivity index (χ2n) is 4.76. The summed E-state index contributed by atoms with van der Waals surface area (Å²) in [4.78, 5) is 22.5. The van der Waals surface area contributed by atoms with E-state index in [0.717, 1.165) is 12.1 Å². The first-order chi connectivity index (χ1) is 11.5. The summed E-state index contributed by atoms with van der Waals surface area (Å²) >= 11 is 0. The summed E-state index contributed by atoms with van der Waals surface area (Å²) < 4.78 is 24.2. The smallest absolute Gasteiger partial charge is 0.335 e. The van der Waals surface area contributed by atoms with Crippen LogP contribution in [0.3, 0.4) is 0 Å². The zero-order chi connectivity index (χ0) is 17.5. The van der Waals surface area contributed by atoms with Gasteiger partial charge in [-0.15, -0.1) is 6.58 Å². The molecule has 0 saturated carbocycles. The average molecular weight is 326 g/mol. The number of hydrogen-bond donors (Lipinski definition) is 0. The molecule has 5 heteroatoms. The summed E-state index contributed by atoms with van der Waals surface area (Å²) in [5.74, 6) is -1.15. The topological polar surface area (TPSA) is 52.6 Å². The van der Waals surface area contributed by atoms with Crippen LogP contribution < -0.4 is 9.47 Å². The molecule has 0 fully saturated rings. The first-order valence-corrected chi connectivity index (χ1v) is 7.09. The van der Waals surface area contributed by atoms with Gasteiger partial charge in [-0.2, -0.15) is 0 Å². The van der Waals surface area contributed by atoms with E-state index in [1.807, 2.05) is 0 Å². The molecule has 0 radical (unpaired) electrons. The molecule has 0 aliphatic rings. The van der Waals surface area contributed by atoms with Gasteiger partial charge in [-0.25, -0.2) is 9.18 Å². The Balaban J connectivity index is 2.17. The lowest BCUT2D eigenvalue weighted by Gasteiger charge is -2.08. The van der Waals surface area contributed by atoms with Crippen LogP contribution in [0.4, 0.5) is 4.39 Å². The predicted octanol–water partition coefficient (Wildman–Crippen LogP) is 4.07. The third kappa shape index (κ3) is 4.39. The third-order valence-electron chi connectivity index (χ3n) is 3.03. The SMILES string of the molecule is C=CCC(=O)Oc1ccc(-c2ccc(OC(=O)C=C)cc2)c(F)c1. The normalized spacial score (nSPS) is 9.88. The molecule has 0 aliphatic carbocycles. The van der Waals surface area contributed by atoms with Gasteiger partial charge >= 0.3 is 11.9 Å². The lowest BCUT2D eigenvalue weighted by atomic mass is 10.0. The van der Waals surface area contributed by atoms with E-state index >= 15 is 0 Å². The number of halogens is 1. The average Bonchev–Trinajstić information content (AvgIpc) is 2.56. The molecule has 0 amide bonds. The second kappa shape index (κ2) is 7.87. The zero-order valence-electron chi connectivity index (χ0n) is 12.8. The fourth-order valence-corrected chi connectivity index (χ4v) is 1.94. The first kappa shape index (κ1) is 17.1. The summed E-state index contributed by atoms with van der Waals surface area (Å²) in [6, 6.07) is 10.5. The Morgan fingerprint density at radius 2 is 1.67 bits per heavy atom. The molecule has 0 spiro atoms. The van der Waals surface area contributed by atoms with Gasteiger partial charge in [-0.1, -0.05) is 24.8 Å². The van der Waals surface area contributed by atoms with Crippen molar-refractivity contribution in [1.29, 1.82) is 0 Å². The van der Waals surface area contributed by atoms with Crippen LogP contribution in [-0.2, 0) is 9.59 Å². The maximum atomic E-state index is 14.2. The molecule has 0 unspecified atom stereocenters. The van der Waals surface area contributed by atoms with Crippen LogP contribution in [0.1, 0.15) is 6.42 Å². The Bertz CT molecular complexity index is 778. The molecule has 0 atom stereocenters. The van der Waals surface area contributed by atoms with E-state index in [2.05, 4.69) is 13.2 Å². The van der Waals surface area contributed by atoms with Crippen LogP contribution >= 0.6 is 0 Å². The zero-order valence-corrected chi connectivity index (χ0v) is 12.8. The maximum Gasteiger partial charge on any atom is 0.335 e. The van der Waals surface area contributed by atoms with Gasteiger partial charge in [0, 0.05) is 17.7 Å². The fraction of sp³-hybridized carbons (Fsp3) is 0.0526. The van der Waals surface area contributed by atoms with Crippen molar-refractivity contribution in [3.8, 4) is 22.6 Å². The molecule has 0 N–H and O–H groups in total. The van der Waals surface area contributed by atoms with Gasteiger partial charge in [0.1, 0.15) is 17.3 Å². The Kier molecular flexibility index (Phi) is 5.63. The highest BCUT2D eigenvalue weighted by Gasteiger charge is 2.10. The van der Waals surface area contributed by atoms with Gasteiger partial charge < -0.3 is 9.47 Å². The highest BCUT2D eigenvalue weighted by Crippen LogP contribution is 2.28. The molecular formula is C19H15FO4. The molecule has 0 heterocycles. The predicted molar refractivity (Wildman–Crippen MR) is 88.1 cm³/mol. The van der Waals surface area contributed by atoms with Crippen LogP contribution in [0.5, 0.6) is 11.5 Å². The van der Waals surface area contributed by atoms with Gasteiger partial charge in [0.15, 0.2) is 0 Å². The molecule has 2 rings (SSSR count). The number of hydrogen-bond acceptors (Lipinski definition) is 4. The van der Waals surface area contributed by atoms with E-state index in [0.29, 0.717) is 16.9 Å². The van der Waals surface area contributed by atoms with Crippen LogP contribution in [0, 0.1) is 5.82 Å². The fourth-order valence-electron chi connectivity index (χ4n) is 1.94. The van der Waals surface area contributed by atoms with E-state index in [9.17, 15) is 14.0 Å². The lowest BCUT2D eigenvalue weighted by Crippen LogP contribution is -2.06. The minimum absolute atomic E-state index is 0.0499. The molecule has 24 heavy (non-hydrogen) atoms. The largest absolute Gasteiger partial charge is 0.426 e. The number of ether oxygens (including phenoxy) is 2. The van der Waals surface area contributed by atoms with Crippen molar-refractivity contribution in [3.63, 3.8) is 0 Å². The van der Waals surface area contributed by atoms with Crippen molar-refractivity contribution in [2.45, 2.75) is 6.42 Å². The number of rotatable bonds is 6. The van der Waals surface area contributed by atoms with Crippen molar-refractivity contribution >= 4 is 11.9 Å². The number of esters is 2. The Morgan fingerprint density at radius 1 is 1.00 bits per heavy atom. The summed E-state index contributed by atoms with van der Waals surface area (Å²) in [5, 5.41) is 0. The monoisotopic (exact) mass is 326 g/mol. The highest BCUT2D eigenvalue weighted by atomic mass is 19.1. The molecule has 2 aromatic carbocycles. The molecule has 0 saturated heterocycles. The highest BCUT2D eigenvalue weighted by molar-refractivity contribution is 5.83. The third-order valence-corrected chi connectivity index (χ3v) is 3.03. The standard InChI is InChI=1S/C19H15FO4/c1-3-5-19(22)24-15-10-11-16(17(20)12-15)13-6-8-14(9-7-13)23-18(21)4-2/h3-4,6-12H,1-2,5H2. The van der Waals surface area contributed by atoms with Gasteiger partial charge in [-0.05, 0) is 29.8 Å². The van der Waals surface area contributed by atoms with E-state index in [1.54, 1.807) is 24.3 Å². The summed E-state index contributed by atoms with van der Waals surface area (Å²) in [5.41, 5.74) is 0.926. The van der Waals surface area contributed by atoms with Gasteiger partial charge in [0.25, 0.3) is 0 Å². The van der Waals surface area contributed by atoms with Crippen molar-refractivity contribution in [1.82, 2.24) is 0 Å². The van der Waals surface area contributed by atoms with Crippen LogP contribution in [0.2, 0.25) is 0 Å². The molecule has 2 aromatic rings. The van der Waals surface area contributed by atoms with Gasteiger partial charge in [0.05, 0.1) is 6.42 Å². The number of benzene rings is 2. The van der Waals surface area contributed by atoms with E-state index in [1.165, 1.54) is 18.2 Å². The Hall–Kier alpha value is -3.21. The summed E-state index contributed by atoms with van der Waals surface area (Å²) in [7, 11) is 0. The van der Waals surface area contributed by atoms with Gasteiger partial charge in [0.2, 0.25) is 0 Å². The second-order valence-corrected chi connectivity index (χ2v) is 4.76. The van der Waals surface area contributed by atoms with E-state index < -0.39 is 17.8 Å². The van der Waals surface area contributed by atoms with Crippen molar-refractivity contribution in [2.24, 2.45) is 0 Å². The van der Waals surface area contributed by atoms with Gasteiger partial charge in [-0.3, -0.25) is 4.79 Å². The quantitative estimate of drug-likeness (QED) is 0.348. The molecule has 0 aliphatic heterocycles. The van der Waals surface area contributed by atoms with Crippen LogP contribution in [0.15, 0.2) is 67.8 Å². The lowest BCUT2D eigenvalue weighted by molar-refractivity contribution is -0.133. The van der Waals surface area contributed by atoms with E-state index in [4.69, 9.17) is 9.47 Å². The molecular weight excluding hydrogens is 311 g/mol. The Morgan fingerprint density at radius 3 is 2.25 bits per heavy atom. The molecule has 0 bridgehead atoms. The van der Waals surface area contributed by atoms with E-state index in [-0.39, 0.29) is 12.2 Å². The van der Waals surface area contributed by atoms with Crippen LogP contribution in [-0.4, -0.2) is 11.9 Å². The number of carbonyl (C=O) groups is 2.